The van der Waals surface area contributed by atoms with E-state index in [1.165, 1.54) is 5.56 Å². The Hall–Kier alpha value is -3.28. The van der Waals surface area contributed by atoms with E-state index in [4.69, 9.17) is 0 Å². The molecule has 0 saturated heterocycles. The molecule has 0 unspecified atom stereocenters. The van der Waals surface area contributed by atoms with Crippen LogP contribution in [-0.2, 0) is 6.54 Å². The molecule has 2 aromatic heterocycles. The van der Waals surface area contributed by atoms with E-state index in [0.717, 1.165) is 16.9 Å². The summed E-state index contributed by atoms with van der Waals surface area (Å²) in [5.41, 5.74) is 4.27. The van der Waals surface area contributed by atoms with Crippen LogP contribution < -0.4 is 10.6 Å². The molecular weight excluding hydrogens is 326 g/mol. The molecule has 0 saturated carbocycles. The van der Waals surface area contributed by atoms with Gasteiger partial charge in [-0.3, -0.25) is 9.78 Å². The molecule has 0 aliphatic heterocycles. The third kappa shape index (κ3) is 4.42. The van der Waals surface area contributed by atoms with E-state index < -0.39 is 0 Å². The van der Waals surface area contributed by atoms with E-state index in [-0.39, 0.29) is 5.91 Å². The van der Waals surface area contributed by atoms with Crippen molar-refractivity contribution in [1.29, 1.82) is 0 Å². The fourth-order valence-electron chi connectivity index (χ4n) is 2.47. The quantitative estimate of drug-likeness (QED) is 0.736. The van der Waals surface area contributed by atoms with Crippen molar-refractivity contribution in [3.63, 3.8) is 0 Å². The zero-order valence-electron chi connectivity index (χ0n) is 15.1. The fraction of sp³-hybridized carbons (Fsp3) is 0.200. The second-order valence-corrected chi connectivity index (χ2v) is 6.11. The first-order chi connectivity index (χ1) is 12.5. The van der Waals surface area contributed by atoms with Gasteiger partial charge in [0.05, 0.1) is 12.2 Å². The highest BCUT2D eigenvalue weighted by Gasteiger charge is 2.11. The van der Waals surface area contributed by atoms with Gasteiger partial charge >= 0.3 is 0 Å². The van der Waals surface area contributed by atoms with Gasteiger partial charge in [0, 0.05) is 18.0 Å². The summed E-state index contributed by atoms with van der Waals surface area (Å²) < 4.78 is 0. The maximum Gasteiger partial charge on any atom is 0.274 e. The lowest BCUT2D eigenvalue weighted by Crippen LogP contribution is -2.16. The smallest absolute Gasteiger partial charge is 0.274 e. The molecule has 3 rings (SSSR count). The third-order valence-electron chi connectivity index (χ3n) is 4.01. The number of nitrogens with one attached hydrogen (secondary N) is 2. The van der Waals surface area contributed by atoms with Crippen molar-refractivity contribution in [3.05, 3.63) is 77.0 Å². The zero-order valence-corrected chi connectivity index (χ0v) is 15.1. The van der Waals surface area contributed by atoms with Crippen LogP contribution in [0.1, 0.15) is 33.1 Å². The molecule has 132 valence electrons. The molecule has 1 amide bonds. The first-order valence-electron chi connectivity index (χ1n) is 8.39. The zero-order chi connectivity index (χ0) is 18.5. The number of carbonyl (C=O) groups is 1. The van der Waals surface area contributed by atoms with Gasteiger partial charge in [0.1, 0.15) is 17.3 Å². The normalized spacial score (nSPS) is 10.4. The van der Waals surface area contributed by atoms with Gasteiger partial charge < -0.3 is 10.6 Å². The highest BCUT2D eigenvalue weighted by Crippen LogP contribution is 2.16. The van der Waals surface area contributed by atoms with Crippen molar-refractivity contribution in [2.24, 2.45) is 0 Å². The van der Waals surface area contributed by atoms with Crippen LogP contribution in [-0.4, -0.2) is 20.9 Å². The average molecular weight is 347 g/mol. The van der Waals surface area contributed by atoms with E-state index in [1.54, 1.807) is 19.2 Å². The number of aromatic nitrogens is 3. The van der Waals surface area contributed by atoms with Gasteiger partial charge in [-0.2, -0.15) is 0 Å². The maximum atomic E-state index is 12.5. The summed E-state index contributed by atoms with van der Waals surface area (Å²) in [6.07, 6.45) is 1.74. The molecule has 2 N–H and O–H groups in total. The molecule has 0 fully saturated rings. The van der Waals surface area contributed by atoms with E-state index in [2.05, 4.69) is 25.6 Å². The molecule has 0 aliphatic rings. The number of nitrogens with zero attached hydrogens (tertiary/aromatic N) is 3. The van der Waals surface area contributed by atoms with Crippen LogP contribution in [0.2, 0.25) is 0 Å². The summed E-state index contributed by atoms with van der Waals surface area (Å²) in [5.74, 6) is 0.856. The molecule has 0 radical (unpaired) electrons. The monoisotopic (exact) mass is 347 g/mol. The Bertz CT molecular complexity index is 925. The second kappa shape index (κ2) is 7.74. The minimum absolute atomic E-state index is 0.264. The first-order valence-corrected chi connectivity index (χ1v) is 8.39. The number of anilines is 2. The lowest BCUT2D eigenvalue weighted by molar-refractivity contribution is 0.102. The summed E-state index contributed by atoms with van der Waals surface area (Å²) in [6.45, 7) is 6.34. The Morgan fingerprint density at radius 3 is 2.58 bits per heavy atom. The van der Waals surface area contributed by atoms with Crippen molar-refractivity contribution in [2.45, 2.75) is 27.3 Å². The van der Waals surface area contributed by atoms with Crippen LogP contribution in [0.5, 0.6) is 0 Å². The Labute approximate surface area is 152 Å². The lowest BCUT2D eigenvalue weighted by Gasteiger charge is -2.10. The van der Waals surface area contributed by atoms with Crippen LogP contribution in [0.4, 0.5) is 11.5 Å². The highest BCUT2D eigenvalue weighted by atomic mass is 16.1. The molecule has 1 aromatic carbocycles. The van der Waals surface area contributed by atoms with Crippen LogP contribution in [0, 0.1) is 20.8 Å². The minimum Gasteiger partial charge on any atom is -0.364 e. The predicted molar refractivity (Wildman–Crippen MR) is 102 cm³/mol. The number of amides is 1. The van der Waals surface area contributed by atoms with Gasteiger partial charge in [-0.05, 0) is 56.2 Å². The fourth-order valence-corrected chi connectivity index (χ4v) is 2.47. The highest BCUT2D eigenvalue weighted by molar-refractivity contribution is 6.03. The Kier molecular flexibility index (Phi) is 5.22. The molecule has 6 heteroatoms. The molecule has 0 spiro atoms. The molecule has 6 nitrogen and oxygen atoms in total. The van der Waals surface area contributed by atoms with Crippen LogP contribution >= 0.6 is 0 Å². The lowest BCUT2D eigenvalue weighted by atomic mass is 10.1. The van der Waals surface area contributed by atoms with E-state index in [1.807, 2.05) is 50.2 Å². The van der Waals surface area contributed by atoms with Gasteiger partial charge in [-0.1, -0.05) is 12.1 Å². The van der Waals surface area contributed by atoms with Crippen LogP contribution in [0.15, 0.2) is 48.7 Å². The van der Waals surface area contributed by atoms with Crippen LogP contribution in [0.25, 0.3) is 0 Å². The summed E-state index contributed by atoms with van der Waals surface area (Å²) in [6, 6.07) is 13.2. The SMILES string of the molecule is Cc1nc(NCc2ccccn2)cc(C(=O)Nc2ccc(C)c(C)c2)n1. The Morgan fingerprint density at radius 2 is 1.85 bits per heavy atom. The van der Waals surface area contributed by atoms with E-state index in [9.17, 15) is 4.79 Å². The standard InChI is InChI=1S/C20H21N5O/c1-13-7-8-16(10-14(13)2)25-20(26)18-11-19(24-15(3)23-18)22-12-17-6-4-5-9-21-17/h4-11H,12H2,1-3H3,(H,25,26)(H,22,23,24). The van der Waals surface area contributed by atoms with Gasteiger partial charge in [-0.15, -0.1) is 0 Å². The second-order valence-electron chi connectivity index (χ2n) is 6.11. The Morgan fingerprint density at radius 1 is 1.00 bits per heavy atom. The van der Waals surface area contributed by atoms with Crippen molar-refractivity contribution in [3.8, 4) is 0 Å². The number of benzene rings is 1. The molecule has 0 atom stereocenters. The number of hydrogen-bond donors (Lipinski definition) is 2. The molecule has 26 heavy (non-hydrogen) atoms. The van der Waals surface area contributed by atoms with E-state index >= 15 is 0 Å². The molecular formula is C20H21N5O. The summed E-state index contributed by atoms with van der Waals surface area (Å²) in [4.78, 5) is 25.4. The summed E-state index contributed by atoms with van der Waals surface area (Å²) >= 11 is 0. The average Bonchev–Trinajstić information content (AvgIpc) is 2.63. The number of aryl methyl sites for hydroxylation is 3. The van der Waals surface area contributed by atoms with Crippen molar-refractivity contribution in [2.75, 3.05) is 10.6 Å². The van der Waals surface area contributed by atoms with Crippen molar-refractivity contribution >= 4 is 17.4 Å². The molecule has 0 bridgehead atoms. The topological polar surface area (TPSA) is 79.8 Å². The number of rotatable bonds is 5. The van der Waals surface area contributed by atoms with Gasteiger partial charge in [0.15, 0.2) is 0 Å². The predicted octanol–water partition coefficient (Wildman–Crippen LogP) is 3.66. The van der Waals surface area contributed by atoms with Crippen molar-refractivity contribution in [1.82, 2.24) is 15.0 Å². The minimum atomic E-state index is -0.264. The Balaban J connectivity index is 1.73. The van der Waals surface area contributed by atoms with Gasteiger partial charge in [-0.25, -0.2) is 9.97 Å². The molecule has 0 aliphatic carbocycles. The first kappa shape index (κ1) is 17.5. The summed E-state index contributed by atoms with van der Waals surface area (Å²) in [5, 5.41) is 6.07. The largest absolute Gasteiger partial charge is 0.364 e. The van der Waals surface area contributed by atoms with Gasteiger partial charge in [0.25, 0.3) is 5.91 Å². The maximum absolute atomic E-state index is 12.5. The summed E-state index contributed by atoms with van der Waals surface area (Å²) in [7, 11) is 0. The van der Waals surface area contributed by atoms with E-state index in [0.29, 0.717) is 23.9 Å². The number of pyridine rings is 1. The van der Waals surface area contributed by atoms with Crippen molar-refractivity contribution < 1.29 is 4.79 Å². The molecule has 2 heterocycles. The number of hydrogen-bond acceptors (Lipinski definition) is 5. The molecule has 3 aromatic rings. The van der Waals surface area contributed by atoms with Crippen LogP contribution in [0.3, 0.4) is 0 Å². The van der Waals surface area contributed by atoms with Gasteiger partial charge in [0.2, 0.25) is 0 Å². The third-order valence-corrected chi connectivity index (χ3v) is 4.01. The number of carbonyl (C=O) groups excluding carboxylic acids is 1.